The molecule has 428 valence electrons. The molecule has 0 rings (SSSR count). The van der Waals surface area contributed by atoms with Crippen molar-refractivity contribution in [3.63, 3.8) is 0 Å². The van der Waals surface area contributed by atoms with Gasteiger partial charge in [-0.1, -0.05) is 0 Å². The zero-order chi connectivity index (χ0) is 59.1. The van der Waals surface area contributed by atoms with Crippen molar-refractivity contribution in [3.05, 3.63) is 0 Å². The molecular weight excluding hydrogens is 1180 g/mol. The summed E-state index contributed by atoms with van der Waals surface area (Å²) in [4.78, 5) is 0. The Bertz CT molecular complexity index is 1900. The Hall–Kier alpha value is -3.31. The van der Waals surface area contributed by atoms with E-state index in [2.05, 4.69) is 0 Å². The lowest BCUT2D eigenvalue weighted by Crippen LogP contribution is -2.77. The van der Waals surface area contributed by atoms with E-state index in [0.29, 0.717) is 14.2 Å². The van der Waals surface area contributed by atoms with Gasteiger partial charge in [0.15, 0.2) is 0 Å². The number of aliphatic hydroxyl groups is 1. The highest BCUT2D eigenvalue weighted by molar-refractivity contribution is 5.18. The van der Waals surface area contributed by atoms with E-state index in [9.17, 15) is 198 Å². The van der Waals surface area contributed by atoms with Gasteiger partial charge in [-0.25, -0.2) is 14.2 Å². The molecule has 0 saturated carbocycles. The molecule has 0 spiro atoms. The zero-order valence-corrected chi connectivity index (χ0v) is 29.7. The molecule has 0 bridgehead atoms. The van der Waals surface area contributed by atoms with Crippen molar-refractivity contribution < 1.29 is 217 Å². The molecule has 0 aliphatic rings. The Kier molecular flexibility index (Phi) is 15.8. The predicted octanol–water partition coefficient (Wildman–Crippen LogP) is 13.6. The molecule has 0 aromatic rings. The summed E-state index contributed by atoms with van der Waals surface area (Å²) in [7, 11) is 0. The lowest BCUT2D eigenvalue weighted by atomic mass is 9.87. The van der Waals surface area contributed by atoms with Crippen LogP contribution >= 0.6 is 0 Å². The fourth-order valence-electron chi connectivity index (χ4n) is 3.51. The molecule has 0 radical (unpaired) electrons. The van der Waals surface area contributed by atoms with E-state index in [1.54, 1.807) is 0 Å². The number of ether oxygens (including phenoxy) is 3. The smallest absolute Gasteiger partial charge is 0.331 e. The van der Waals surface area contributed by atoms with Crippen LogP contribution in [0.4, 0.5) is 198 Å². The first kappa shape index (κ1) is 67.7. The van der Waals surface area contributed by atoms with Crippen LogP contribution in [0.15, 0.2) is 0 Å². The first-order chi connectivity index (χ1) is 29.6. The average molecular weight is 1180 g/mol. The molecular formula is C22HF45O4. The Morgan fingerprint density at radius 1 is 0.155 bits per heavy atom. The average Bonchev–Trinajstić information content (AvgIpc) is 3.07. The van der Waals surface area contributed by atoms with Gasteiger partial charge < -0.3 is 5.11 Å². The molecule has 0 unspecified atom stereocenters. The maximum atomic E-state index is 13.8. The standard InChI is InChI=1S/C22HF45O4/c23-1(24,3(27,28)5(31,32)7(35,36)15(51,52)53)2(25,26)4(29,30)6(33,34)9(39,40)17(56,57)69-19(60,61)11(43,44)13(47,48)21(64,65)71-22(66,67)14(49,50)12(45,46)20(62,63)70-18(58,59)10(41,42)8(37,38)16(54,55)68/h68H. The molecule has 0 fully saturated rings. The Morgan fingerprint density at radius 2 is 0.268 bits per heavy atom. The van der Waals surface area contributed by atoms with Crippen LogP contribution in [0, 0.1) is 0 Å². The number of halogens is 45. The van der Waals surface area contributed by atoms with Crippen molar-refractivity contribution in [1.82, 2.24) is 0 Å². The lowest BCUT2D eigenvalue weighted by Gasteiger charge is -2.45. The van der Waals surface area contributed by atoms with E-state index in [0.717, 1.165) is 0 Å². The van der Waals surface area contributed by atoms with Crippen molar-refractivity contribution in [3.8, 4) is 0 Å². The predicted molar refractivity (Wildman–Crippen MR) is 115 cm³/mol. The minimum Gasteiger partial charge on any atom is -0.331 e. The third-order valence-electron chi connectivity index (χ3n) is 7.64. The molecule has 1 N–H and O–H groups in total. The summed E-state index contributed by atoms with van der Waals surface area (Å²) in [6, 6.07) is 0. The van der Waals surface area contributed by atoms with Crippen molar-refractivity contribution in [2.45, 2.75) is 132 Å². The molecule has 0 amide bonds. The molecule has 49 heteroatoms. The maximum absolute atomic E-state index is 13.8. The van der Waals surface area contributed by atoms with E-state index in [4.69, 9.17) is 5.11 Å². The van der Waals surface area contributed by atoms with Gasteiger partial charge in [0.2, 0.25) is 0 Å². The SMILES string of the molecule is OC(F)(F)C(F)(F)C(F)(F)C(F)(F)OC(F)(F)C(F)(F)C(F)(F)C(F)(F)OC(F)(F)C(F)(F)C(F)(F)C(F)(F)OC(F)(F)C(F)(F)C(F)(F)C(F)(F)C(F)(F)C(F)(F)C(F)(F)C(F)(F)C(F)(F)C(F)(F)F. The van der Waals surface area contributed by atoms with Crippen LogP contribution in [0.1, 0.15) is 0 Å². The number of rotatable bonds is 23. The van der Waals surface area contributed by atoms with E-state index >= 15 is 0 Å². The topological polar surface area (TPSA) is 47.9 Å². The van der Waals surface area contributed by atoms with Crippen LogP contribution in [0.3, 0.4) is 0 Å². The second-order valence-electron chi connectivity index (χ2n) is 12.5. The third-order valence-corrected chi connectivity index (χ3v) is 7.64. The highest BCUT2D eigenvalue weighted by Crippen LogP contribution is 2.68. The van der Waals surface area contributed by atoms with Gasteiger partial charge in [0.05, 0.1) is 0 Å². The number of hydrogen-bond donors (Lipinski definition) is 1. The molecule has 0 aromatic heterocycles. The normalized spacial score (nSPS) is 17.3. The second kappa shape index (κ2) is 16.6. The van der Waals surface area contributed by atoms with E-state index in [1.807, 2.05) is 0 Å². The summed E-state index contributed by atoms with van der Waals surface area (Å²) in [5, 5.41) is 7.48. The number of alkyl halides is 45. The molecule has 0 heterocycles. The van der Waals surface area contributed by atoms with Crippen LogP contribution in [0.5, 0.6) is 0 Å². The van der Waals surface area contributed by atoms with Gasteiger partial charge in [0.25, 0.3) is 0 Å². The summed E-state index contributed by atoms with van der Waals surface area (Å²) < 4.78 is 604. The van der Waals surface area contributed by atoms with E-state index in [1.165, 1.54) is 0 Å². The summed E-state index contributed by atoms with van der Waals surface area (Å²) in [6.07, 6.45) is -72.6. The highest BCUT2D eigenvalue weighted by Gasteiger charge is 2.99. The van der Waals surface area contributed by atoms with Gasteiger partial charge in [-0.05, 0) is 0 Å². The van der Waals surface area contributed by atoms with Gasteiger partial charge in [-0.2, -0.15) is 198 Å². The molecule has 0 aromatic carbocycles. The van der Waals surface area contributed by atoms with Crippen LogP contribution in [-0.4, -0.2) is 137 Å². The van der Waals surface area contributed by atoms with Gasteiger partial charge in [0.1, 0.15) is 0 Å². The second-order valence-corrected chi connectivity index (χ2v) is 12.5. The molecule has 0 atom stereocenters. The lowest BCUT2D eigenvalue weighted by molar-refractivity contribution is -0.556. The summed E-state index contributed by atoms with van der Waals surface area (Å²) in [5.74, 6) is -135. The fraction of sp³-hybridized carbons (Fsp3) is 1.00. The minimum absolute atomic E-state index is 0.342. The third kappa shape index (κ3) is 8.94. The quantitative estimate of drug-likeness (QED) is 0.104. The fourth-order valence-corrected chi connectivity index (χ4v) is 3.51. The minimum atomic E-state index is -10.2. The van der Waals surface area contributed by atoms with E-state index < -0.39 is 132 Å². The molecule has 0 saturated heterocycles. The van der Waals surface area contributed by atoms with Gasteiger partial charge in [0, 0.05) is 0 Å². The van der Waals surface area contributed by atoms with Crippen LogP contribution in [0.2, 0.25) is 0 Å². The Labute approximate surface area is 350 Å². The zero-order valence-electron chi connectivity index (χ0n) is 29.7. The summed E-state index contributed by atoms with van der Waals surface area (Å²) in [6.45, 7) is 0. The van der Waals surface area contributed by atoms with E-state index in [-0.39, 0.29) is 0 Å². The van der Waals surface area contributed by atoms with Crippen LogP contribution < -0.4 is 0 Å². The monoisotopic (exact) mass is 1180 g/mol. The molecule has 71 heavy (non-hydrogen) atoms. The largest absolute Gasteiger partial charge is 0.460 e. The molecule has 0 aliphatic carbocycles. The van der Waals surface area contributed by atoms with Crippen molar-refractivity contribution in [1.29, 1.82) is 0 Å². The first-order valence-electron chi connectivity index (χ1n) is 14.5. The molecule has 4 nitrogen and oxygen atoms in total. The van der Waals surface area contributed by atoms with Gasteiger partial charge in [-0.15, -0.1) is 0 Å². The Balaban J connectivity index is 7.45. The van der Waals surface area contributed by atoms with Gasteiger partial charge in [-0.3, -0.25) is 0 Å². The molecule has 0 aliphatic heterocycles. The van der Waals surface area contributed by atoms with Crippen molar-refractivity contribution >= 4 is 0 Å². The summed E-state index contributed by atoms with van der Waals surface area (Å²) >= 11 is 0. The first-order valence-corrected chi connectivity index (χ1v) is 14.5. The Morgan fingerprint density at radius 3 is 0.408 bits per heavy atom. The van der Waals surface area contributed by atoms with Gasteiger partial charge >= 0.3 is 132 Å². The van der Waals surface area contributed by atoms with Crippen molar-refractivity contribution in [2.75, 3.05) is 0 Å². The number of hydrogen-bond acceptors (Lipinski definition) is 4. The summed E-state index contributed by atoms with van der Waals surface area (Å²) in [5.41, 5.74) is 0. The van der Waals surface area contributed by atoms with Crippen LogP contribution in [0.25, 0.3) is 0 Å². The maximum Gasteiger partial charge on any atom is 0.460 e. The van der Waals surface area contributed by atoms with Crippen LogP contribution in [-0.2, 0) is 14.2 Å². The van der Waals surface area contributed by atoms with Crippen molar-refractivity contribution in [2.24, 2.45) is 0 Å². The highest BCUT2D eigenvalue weighted by atomic mass is 19.4.